The number of nitro benzene ring substituents is 1. The van der Waals surface area contributed by atoms with Gasteiger partial charge in [-0.05, 0) is 39.0 Å². The second-order valence-electron chi connectivity index (χ2n) is 5.19. The van der Waals surface area contributed by atoms with Crippen molar-refractivity contribution in [2.24, 2.45) is 0 Å². The fourth-order valence-corrected chi connectivity index (χ4v) is 2.12. The molecule has 0 amide bonds. The summed E-state index contributed by atoms with van der Waals surface area (Å²) in [5.41, 5.74) is 2.16. The topological polar surface area (TPSA) is 76.3 Å². The Kier molecular flexibility index (Phi) is 3.55. The average molecular weight is 272 g/mol. The highest BCUT2D eigenvalue weighted by atomic mass is 16.6. The highest BCUT2D eigenvalue weighted by Crippen LogP contribution is 2.26. The maximum atomic E-state index is 10.6. The van der Waals surface area contributed by atoms with Crippen LogP contribution in [0.1, 0.15) is 25.1 Å². The third kappa shape index (κ3) is 2.83. The summed E-state index contributed by atoms with van der Waals surface area (Å²) in [5, 5.41) is 20.6. The summed E-state index contributed by atoms with van der Waals surface area (Å²) in [7, 11) is 0. The van der Waals surface area contributed by atoms with Crippen molar-refractivity contribution in [3.8, 4) is 11.3 Å². The number of nitro groups is 1. The molecule has 0 saturated heterocycles. The monoisotopic (exact) mass is 272 g/mol. The van der Waals surface area contributed by atoms with Crippen molar-refractivity contribution in [1.82, 2.24) is 4.98 Å². The summed E-state index contributed by atoms with van der Waals surface area (Å²) in [4.78, 5) is 14.6. The van der Waals surface area contributed by atoms with Gasteiger partial charge in [-0.25, -0.2) is 0 Å². The van der Waals surface area contributed by atoms with Crippen LogP contribution in [0.3, 0.4) is 0 Å². The van der Waals surface area contributed by atoms with Crippen LogP contribution in [0.4, 0.5) is 5.69 Å². The lowest BCUT2D eigenvalue weighted by Gasteiger charge is -2.20. The zero-order valence-corrected chi connectivity index (χ0v) is 11.6. The number of aryl methyl sites for hydroxylation is 1. The number of aromatic nitrogens is 1. The number of rotatable bonds is 3. The predicted molar refractivity (Wildman–Crippen MR) is 76.3 cm³/mol. The van der Waals surface area contributed by atoms with Gasteiger partial charge < -0.3 is 5.11 Å². The molecule has 0 aliphatic carbocycles. The van der Waals surface area contributed by atoms with E-state index in [1.165, 1.54) is 12.1 Å². The molecule has 2 rings (SSSR count). The second-order valence-corrected chi connectivity index (χ2v) is 5.19. The first-order valence-electron chi connectivity index (χ1n) is 6.24. The molecule has 0 atom stereocenters. The highest BCUT2D eigenvalue weighted by molar-refractivity contribution is 5.61. The van der Waals surface area contributed by atoms with E-state index in [0.29, 0.717) is 0 Å². The predicted octanol–water partition coefficient (Wildman–Crippen LogP) is 3.19. The van der Waals surface area contributed by atoms with Crippen molar-refractivity contribution in [3.63, 3.8) is 0 Å². The maximum absolute atomic E-state index is 10.6. The molecular formula is C15H16N2O3. The third-order valence-electron chi connectivity index (χ3n) is 3.12. The minimum absolute atomic E-state index is 0.0542. The Morgan fingerprint density at radius 3 is 2.20 bits per heavy atom. The molecule has 1 aromatic carbocycles. The van der Waals surface area contributed by atoms with Crippen LogP contribution in [-0.4, -0.2) is 15.0 Å². The molecule has 0 saturated carbocycles. The Balaban J connectivity index is 2.39. The number of hydrogen-bond acceptors (Lipinski definition) is 4. The SMILES string of the molecule is Cc1nc(-c2ccc([N+](=O)[O-])cc2)ccc1C(C)(C)O. The van der Waals surface area contributed by atoms with Crippen LogP contribution >= 0.6 is 0 Å². The van der Waals surface area contributed by atoms with E-state index in [2.05, 4.69) is 4.98 Å². The summed E-state index contributed by atoms with van der Waals surface area (Å²) in [5.74, 6) is 0. The molecule has 5 nitrogen and oxygen atoms in total. The molecule has 0 spiro atoms. The van der Waals surface area contributed by atoms with Crippen molar-refractivity contribution in [2.75, 3.05) is 0 Å². The first kappa shape index (κ1) is 14.1. The van der Waals surface area contributed by atoms with Crippen molar-refractivity contribution >= 4 is 5.69 Å². The van der Waals surface area contributed by atoms with Crippen LogP contribution in [0.5, 0.6) is 0 Å². The van der Waals surface area contributed by atoms with E-state index in [9.17, 15) is 15.2 Å². The Bertz CT molecular complexity index is 643. The minimum Gasteiger partial charge on any atom is -0.386 e. The average Bonchev–Trinajstić information content (AvgIpc) is 2.37. The van der Waals surface area contributed by atoms with Crippen LogP contribution in [0.2, 0.25) is 0 Å². The number of non-ortho nitro benzene ring substituents is 1. The number of hydrogen-bond donors (Lipinski definition) is 1. The van der Waals surface area contributed by atoms with E-state index < -0.39 is 10.5 Å². The van der Waals surface area contributed by atoms with Gasteiger partial charge in [0.15, 0.2) is 0 Å². The van der Waals surface area contributed by atoms with Gasteiger partial charge in [-0.1, -0.05) is 6.07 Å². The zero-order valence-electron chi connectivity index (χ0n) is 11.6. The number of pyridine rings is 1. The van der Waals surface area contributed by atoms with Gasteiger partial charge in [0.2, 0.25) is 0 Å². The largest absolute Gasteiger partial charge is 0.386 e. The van der Waals surface area contributed by atoms with Gasteiger partial charge in [0, 0.05) is 29.0 Å². The van der Waals surface area contributed by atoms with E-state index in [1.807, 2.05) is 19.1 Å². The molecule has 2 aromatic rings. The van der Waals surface area contributed by atoms with Crippen LogP contribution in [0.15, 0.2) is 36.4 Å². The molecule has 5 heteroatoms. The quantitative estimate of drug-likeness (QED) is 0.687. The van der Waals surface area contributed by atoms with Crippen molar-refractivity contribution in [1.29, 1.82) is 0 Å². The van der Waals surface area contributed by atoms with E-state index in [-0.39, 0.29) is 5.69 Å². The molecule has 0 fully saturated rings. The first-order valence-corrected chi connectivity index (χ1v) is 6.24. The van der Waals surface area contributed by atoms with Crippen LogP contribution in [0.25, 0.3) is 11.3 Å². The molecule has 1 aromatic heterocycles. The fourth-order valence-electron chi connectivity index (χ4n) is 2.12. The molecule has 0 bridgehead atoms. The number of aliphatic hydroxyl groups is 1. The lowest BCUT2D eigenvalue weighted by Crippen LogP contribution is -2.17. The van der Waals surface area contributed by atoms with Crippen molar-refractivity contribution < 1.29 is 10.0 Å². The van der Waals surface area contributed by atoms with E-state index in [4.69, 9.17) is 0 Å². The highest BCUT2D eigenvalue weighted by Gasteiger charge is 2.19. The van der Waals surface area contributed by atoms with Gasteiger partial charge >= 0.3 is 0 Å². The van der Waals surface area contributed by atoms with Gasteiger partial charge in [0.1, 0.15) is 0 Å². The van der Waals surface area contributed by atoms with Gasteiger partial charge in [0.05, 0.1) is 16.2 Å². The van der Waals surface area contributed by atoms with Crippen molar-refractivity contribution in [2.45, 2.75) is 26.4 Å². The Hall–Kier alpha value is -2.27. The van der Waals surface area contributed by atoms with Gasteiger partial charge in [-0.3, -0.25) is 15.1 Å². The molecule has 1 N–H and O–H groups in total. The Labute approximate surface area is 117 Å². The van der Waals surface area contributed by atoms with Crippen LogP contribution in [0, 0.1) is 17.0 Å². The molecule has 104 valence electrons. The van der Waals surface area contributed by atoms with E-state index >= 15 is 0 Å². The smallest absolute Gasteiger partial charge is 0.269 e. The fraction of sp³-hybridized carbons (Fsp3) is 0.267. The van der Waals surface area contributed by atoms with Crippen LogP contribution < -0.4 is 0 Å². The summed E-state index contributed by atoms with van der Waals surface area (Å²) < 4.78 is 0. The summed E-state index contributed by atoms with van der Waals surface area (Å²) in [6.45, 7) is 5.26. The van der Waals surface area contributed by atoms with Gasteiger partial charge in [0.25, 0.3) is 5.69 Å². The van der Waals surface area contributed by atoms with Gasteiger partial charge in [-0.15, -0.1) is 0 Å². The molecule has 20 heavy (non-hydrogen) atoms. The minimum atomic E-state index is -0.939. The number of nitrogens with zero attached hydrogens (tertiary/aromatic N) is 2. The molecule has 0 aliphatic rings. The lowest BCUT2D eigenvalue weighted by molar-refractivity contribution is -0.384. The van der Waals surface area contributed by atoms with E-state index in [1.54, 1.807) is 26.0 Å². The summed E-state index contributed by atoms with van der Waals surface area (Å²) in [6, 6.07) is 9.89. The summed E-state index contributed by atoms with van der Waals surface area (Å²) in [6.07, 6.45) is 0. The summed E-state index contributed by atoms with van der Waals surface area (Å²) >= 11 is 0. The van der Waals surface area contributed by atoms with Gasteiger partial charge in [-0.2, -0.15) is 0 Å². The van der Waals surface area contributed by atoms with E-state index in [0.717, 1.165) is 22.5 Å². The molecule has 0 unspecified atom stereocenters. The lowest BCUT2D eigenvalue weighted by atomic mass is 9.96. The molecule has 0 aliphatic heterocycles. The molecule has 1 heterocycles. The molecule has 0 radical (unpaired) electrons. The normalized spacial score (nSPS) is 11.4. The Morgan fingerprint density at radius 1 is 1.15 bits per heavy atom. The molecular weight excluding hydrogens is 256 g/mol. The van der Waals surface area contributed by atoms with Crippen LogP contribution in [-0.2, 0) is 5.60 Å². The zero-order chi connectivity index (χ0) is 14.9. The van der Waals surface area contributed by atoms with Crippen molar-refractivity contribution in [3.05, 3.63) is 57.8 Å². The second kappa shape index (κ2) is 5.02. The first-order chi connectivity index (χ1) is 9.29. The Morgan fingerprint density at radius 2 is 1.75 bits per heavy atom. The standard InChI is InChI=1S/C15H16N2O3/c1-10-13(15(2,3)18)8-9-14(16-10)11-4-6-12(7-5-11)17(19)20/h4-9,18H,1-3H3. The maximum Gasteiger partial charge on any atom is 0.269 e. The third-order valence-corrected chi connectivity index (χ3v) is 3.12. The number of benzene rings is 1.